The van der Waals surface area contributed by atoms with E-state index in [2.05, 4.69) is 4.98 Å². The molecule has 0 atom stereocenters. The Kier molecular flexibility index (Phi) is 2.84. The van der Waals surface area contributed by atoms with Gasteiger partial charge in [0.2, 0.25) is 5.78 Å². The quantitative estimate of drug-likeness (QED) is 0.684. The average molecular weight is 296 g/mol. The molecule has 19 heavy (non-hydrogen) atoms. The molecule has 6 heteroatoms. The number of aromatic nitrogens is 1. The number of halogens is 2. The lowest BCUT2D eigenvalue weighted by atomic mass is 10.1. The van der Waals surface area contributed by atoms with Gasteiger partial charge < -0.3 is 9.72 Å². The lowest BCUT2D eigenvalue weighted by Crippen LogP contribution is -2.06. The normalized spacial score (nSPS) is 13.3. The summed E-state index contributed by atoms with van der Waals surface area (Å²) in [6, 6.07) is 6.17. The van der Waals surface area contributed by atoms with E-state index in [1.165, 1.54) is 12.1 Å². The summed E-state index contributed by atoms with van der Waals surface area (Å²) in [6.45, 7) is 0. The number of esters is 1. The fourth-order valence-electron chi connectivity index (χ4n) is 1.94. The predicted molar refractivity (Wildman–Crippen MR) is 70.0 cm³/mol. The number of hydrogen-bond donors (Lipinski definition) is 1. The van der Waals surface area contributed by atoms with Crippen LogP contribution in [0.4, 0.5) is 0 Å². The largest absolute Gasteiger partial charge is 0.424 e. The van der Waals surface area contributed by atoms with E-state index in [0.717, 1.165) is 0 Å². The second kappa shape index (κ2) is 4.40. The first-order valence-corrected chi connectivity index (χ1v) is 6.22. The van der Waals surface area contributed by atoms with Crippen LogP contribution in [0.15, 0.2) is 24.3 Å². The van der Waals surface area contributed by atoms with E-state index in [4.69, 9.17) is 27.9 Å². The summed E-state index contributed by atoms with van der Waals surface area (Å²) in [7, 11) is 0. The van der Waals surface area contributed by atoms with Gasteiger partial charge in [-0.15, -0.1) is 0 Å². The van der Waals surface area contributed by atoms with E-state index in [0.29, 0.717) is 27.7 Å². The van der Waals surface area contributed by atoms with Crippen molar-refractivity contribution in [2.75, 3.05) is 0 Å². The maximum atomic E-state index is 12.3. The molecule has 1 aliphatic heterocycles. The molecular weight excluding hydrogens is 289 g/mol. The highest BCUT2D eigenvalue weighted by atomic mass is 35.5. The molecule has 1 N–H and O–H groups in total. The molecule has 2 heterocycles. The minimum atomic E-state index is -0.329. The van der Waals surface area contributed by atoms with Gasteiger partial charge in [-0.05, 0) is 18.2 Å². The molecule has 4 nitrogen and oxygen atoms in total. The minimum Gasteiger partial charge on any atom is -0.424 e. The minimum absolute atomic E-state index is 0.150. The molecule has 2 aromatic rings. The number of ketones is 1. The van der Waals surface area contributed by atoms with E-state index >= 15 is 0 Å². The summed E-state index contributed by atoms with van der Waals surface area (Å²) >= 11 is 11.8. The van der Waals surface area contributed by atoms with Crippen molar-refractivity contribution in [1.82, 2.24) is 4.98 Å². The summed E-state index contributed by atoms with van der Waals surface area (Å²) in [5.41, 5.74) is 1.29. The lowest BCUT2D eigenvalue weighted by Gasteiger charge is -2.02. The molecule has 0 spiro atoms. The Balaban J connectivity index is 1.96. The Morgan fingerprint density at radius 2 is 2.05 bits per heavy atom. The van der Waals surface area contributed by atoms with Crippen molar-refractivity contribution in [2.24, 2.45) is 0 Å². The summed E-state index contributed by atoms with van der Waals surface area (Å²) in [5.74, 6) is -0.199. The van der Waals surface area contributed by atoms with E-state index in [-0.39, 0.29) is 23.2 Å². The molecule has 0 aliphatic carbocycles. The van der Waals surface area contributed by atoms with Crippen molar-refractivity contribution >= 4 is 35.0 Å². The van der Waals surface area contributed by atoms with E-state index in [9.17, 15) is 9.59 Å². The van der Waals surface area contributed by atoms with Crippen molar-refractivity contribution in [1.29, 1.82) is 0 Å². The Morgan fingerprint density at radius 1 is 1.26 bits per heavy atom. The summed E-state index contributed by atoms with van der Waals surface area (Å²) in [6.07, 6.45) is 0.150. The van der Waals surface area contributed by atoms with Gasteiger partial charge in [0.25, 0.3) is 0 Å². The first-order valence-electron chi connectivity index (χ1n) is 5.47. The number of nitrogens with one attached hydrogen (secondary N) is 1. The van der Waals surface area contributed by atoms with Crippen LogP contribution in [0.2, 0.25) is 10.0 Å². The second-order valence-electron chi connectivity index (χ2n) is 4.13. The van der Waals surface area contributed by atoms with Gasteiger partial charge in [0.05, 0.1) is 22.8 Å². The van der Waals surface area contributed by atoms with Crippen molar-refractivity contribution in [3.8, 4) is 5.75 Å². The molecule has 0 saturated heterocycles. The molecule has 1 aromatic heterocycles. The zero-order valence-corrected chi connectivity index (χ0v) is 11.0. The first-order chi connectivity index (χ1) is 9.04. The highest BCUT2D eigenvalue weighted by Gasteiger charge is 2.26. The van der Waals surface area contributed by atoms with Crippen molar-refractivity contribution in [2.45, 2.75) is 6.42 Å². The van der Waals surface area contributed by atoms with Gasteiger partial charge in [-0.25, -0.2) is 0 Å². The first kappa shape index (κ1) is 12.3. The number of fused-ring (bicyclic) bond motifs is 1. The van der Waals surface area contributed by atoms with Crippen molar-refractivity contribution in [3.63, 3.8) is 0 Å². The molecule has 0 amide bonds. The van der Waals surface area contributed by atoms with Crippen LogP contribution in [0.5, 0.6) is 5.75 Å². The molecule has 96 valence electrons. The molecule has 0 radical (unpaired) electrons. The molecular formula is C13H7Cl2NO3. The molecule has 1 aliphatic rings. The number of benzene rings is 1. The predicted octanol–water partition coefficient (Wildman–Crippen LogP) is 3.01. The fourth-order valence-corrected chi connectivity index (χ4v) is 2.44. The van der Waals surface area contributed by atoms with E-state index in [1.807, 2.05) is 0 Å². The number of carbonyl (C=O) groups is 2. The third-order valence-corrected chi connectivity index (χ3v) is 3.37. The Morgan fingerprint density at radius 3 is 2.74 bits per heavy atom. The van der Waals surface area contributed by atoms with Crippen LogP contribution in [0, 0.1) is 0 Å². The molecule has 0 fully saturated rings. The molecule has 1 aromatic carbocycles. The molecule has 3 rings (SSSR count). The monoisotopic (exact) mass is 295 g/mol. The summed E-state index contributed by atoms with van der Waals surface area (Å²) in [5, 5.41) is 0.744. The highest BCUT2D eigenvalue weighted by Crippen LogP contribution is 2.29. The van der Waals surface area contributed by atoms with Crippen LogP contribution in [-0.4, -0.2) is 16.7 Å². The number of ether oxygens (including phenoxy) is 1. The standard InChI is InChI=1S/C13H7Cl2NO3/c14-6-1-2-7(8(15)3-6)13(18)10-4-11-9(16-10)5-12(17)19-11/h1-4,16H,5H2. The van der Waals surface area contributed by atoms with Gasteiger partial charge in [-0.2, -0.15) is 0 Å². The highest BCUT2D eigenvalue weighted by molar-refractivity contribution is 6.37. The average Bonchev–Trinajstić information content (AvgIpc) is 2.85. The summed E-state index contributed by atoms with van der Waals surface area (Å²) < 4.78 is 4.95. The van der Waals surface area contributed by atoms with Gasteiger partial charge in [0, 0.05) is 16.7 Å². The Labute approximate surface area is 118 Å². The van der Waals surface area contributed by atoms with Crippen LogP contribution in [0.25, 0.3) is 0 Å². The zero-order valence-electron chi connectivity index (χ0n) is 9.50. The Bertz CT molecular complexity index is 680. The maximum Gasteiger partial charge on any atom is 0.317 e. The van der Waals surface area contributed by atoms with Gasteiger partial charge in [0.1, 0.15) is 0 Å². The smallest absolute Gasteiger partial charge is 0.317 e. The van der Waals surface area contributed by atoms with Crippen LogP contribution in [-0.2, 0) is 11.2 Å². The van der Waals surface area contributed by atoms with Crippen LogP contribution >= 0.6 is 23.2 Å². The van der Waals surface area contributed by atoms with Crippen molar-refractivity contribution < 1.29 is 14.3 Å². The maximum absolute atomic E-state index is 12.3. The number of carbonyl (C=O) groups excluding carboxylic acids is 2. The SMILES string of the molecule is O=C1Cc2[nH]c(C(=O)c3ccc(Cl)cc3Cl)cc2O1. The number of hydrogen-bond acceptors (Lipinski definition) is 3. The van der Waals surface area contributed by atoms with Crippen LogP contribution < -0.4 is 4.74 Å². The number of H-pyrrole nitrogens is 1. The van der Waals surface area contributed by atoms with E-state index < -0.39 is 0 Å². The van der Waals surface area contributed by atoms with Crippen LogP contribution in [0.3, 0.4) is 0 Å². The van der Waals surface area contributed by atoms with Gasteiger partial charge in [-0.3, -0.25) is 9.59 Å². The number of rotatable bonds is 2. The van der Waals surface area contributed by atoms with Gasteiger partial charge in [-0.1, -0.05) is 23.2 Å². The third kappa shape index (κ3) is 2.13. The van der Waals surface area contributed by atoms with Gasteiger partial charge in [0.15, 0.2) is 5.75 Å². The molecule has 0 bridgehead atoms. The van der Waals surface area contributed by atoms with Crippen LogP contribution in [0.1, 0.15) is 21.7 Å². The second-order valence-corrected chi connectivity index (χ2v) is 4.97. The topological polar surface area (TPSA) is 59.2 Å². The zero-order chi connectivity index (χ0) is 13.6. The van der Waals surface area contributed by atoms with E-state index in [1.54, 1.807) is 12.1 Å². The molecule has 0 saturated carbocycles. The number of aromatic amines is 1. The molecule has 0 unspecified atom stereocenters. The third-order valence-electron chi connectivity index (χ3n) is 2.82. The fraction of sp³-hybridized carbons (Fsp3) is 0.0769. The summed E-state index contributed by atoms with van der Waals surface area (Å²) in [4.78, 5) is 26.2. The Hall–Kier alpha value is -1.78. The lowest BCUT2D eigenvalue weighted by molar-refractivity contribution is -0.131. The van der Waals surface area contributed by atoms with Crippen molar-refractivity contribution in [3.05, 3.63) is 51.3 Å². The van der Waals surface area contributed by atoms with Gasteiger partial charge >= 0.3 is 5.97 Å².